The molecule has 2 N–H and O–H groups in total. The molecule has 3 rings (SSSR count). The summed E-state index contributed by atoms with van der Waals surface area (Å²) in [6.07, 6.45) is 4.64. The van der Waals surface area contributed by atoms with E-state index in [9.17, 15) is 14.7 Å². The van der Waals surface area contributed by atoms with Crippen molar-refractivity contribution in [2.45, 2.75) is 45.1 Å². The maximum absolute atomic E-state index is 13.1. The molecule has 1 aliphatic rings. The molecule has 0 aliphatic carbocycles. The van der Waals surface area contributed by atoms with E-state index in [0.717, 1.165) is 37.7 Å². The van der Waals surface area contributed by atoms with Gasteiger partial charge in [-0.2, -0.15) is 5.26 Å². The van der Waals surface area contributed by atoms with Gasteiger partial charge in [-0.1, -0.05) is 12.1 Å². The van der Waals surface area contributed by atoms with Crippen LogP contribution in [0.4, 0.5) is 0 Å². The molecule has 27 heavy (non-hydrogen) atoms. The highest BCUT2D eigenvalue weighted by atomic mass is 16.3. The summed E-state index contributed by atoms with van der Waals surface area (Å²) in [5, 5.41) is 18.5. The van der Waals surface area contributed by atoms with Crippen LogP contribution < -0.4 is 5.56 Å². The molecule has 1 aliphatic heterocycles. The number of H-pyrrole nitrogens is 1. The van der Waals surface area contributed by atoms with Gasteiger partial charge < -0.3 is 15.0 Å². The number of hydrogen-bond acceptors (Lipinski definition) is 4. The Morgan fingerprint density at radius 2 is 2.07 bits per heavy atom. The molecule has 0 spiro atoms. The fourth-order valence-electron chi connectivity index (χ4n) is 3.65. The Labute approximate surface area is 158 Å². The molecule has 0 bridgehead atoms. The van der Waals surface area contributed by atoms with Crippen LogP contribution in [0, 0.1) is 18.3 Å². The van der Waals surface area contributed by atoms with E-state index in [0.29, 0.717) is 17.8 Å². The molecule has 1 atom stereocenters. The number of benzene rings is 1. The van der Waals surface area contributed by atoms with Crippen LogP contribution in [-0.4, -0.2) is 33.5 Å². The Kier molecular flexibility index (Phi) is 5.60. The second kappa shape index (κ2) is 8.09. The molecular weight excluding hydrogens is 342 g/mol. The Hall–Kier alpha value is -3.07. The van der Waals surface area contributed by atoms with E-state index in [1.165, 1.54) is 6.07 Å². The number of amides is 1. The van der Waals surface area contributed by atoms with Crippen LogP contribution in [0.15, 0.2) is 35.1 Å². The summed E-state index contributed by atoms with van der Waals surface area (Å²) in [7, 11) is 0. The van der Waals surface area contributed by atoms with Crippen LogP contribution in [0.1, 0.15) is 52.9 Å². The first-order valence-corrected chi connectivity index (χ1v) is 9.22. The maximum atomic E-state index is 13.1. The number of aryl methyl sites for hydroxylation is 2. The molecule has 1 aromatic heterocycles. The number of aromatic amines is 1. The molecule has 1 aromatic carbocycles. The van der Waals surface area contributed by atoms with E-state index in [-0.39, 0.29) is 23.3 Å². The number of phenols is 1. The molecule has 6 heteroatoms. The first-order valence-electron chi connectivity index (χ1n) is 9.22. The maximum Gasteiger partial charge on any atom is 0.266 e. The van der Waals surface area contributed by atoms with Crippen molar-refractivity contribution in [2.75, 3.05) is 6.54 Å². The third kappa shape index (κ3) is 4.20. The average Bonchev–Trinajstić information content (AvgIpc) is 2.67. The quantitative estimate of drug-likeness (QED) is 0.870. The predicted molar refractivity (Wildman–Crippen MR) is 102 cm³/mol. The van der Waals surface area contributed by atoms with Crippen molar-refractivity contribution >= 4 is 5.91 Å². The Morgan fingerprint density at radius 1 is 1.33 bits per heavy atom. The van der Waals surface area contributed by atoms with E-state index >= 15 is 0 Å². The van der Waals surface area contributed by atoms with Crippen molar-refractivity contribution in [3.05, 3.63) is 63.1 Å². The highest BCUT2D eigenvalue weighted by Gasteiger charge is 2.28. The monoisotopic (exact) mass is 365 g/mol. The minimum absolute atomic E-state index is 0.0402. The van der Waals surface area contributed by atoms with Crippen LogP contribution in [0.2, 0.25) is 0 Å². The summed E-state index contributed by atoms with van der Waals surface area (Å²) in [6.45, 7) is 2.37. The number of piperidine rings is 1. The van der Waals surface area contributed by atoms with Crippen molar-refractivity contribution in [3.8, 4) is 11.8 Å². The molecule has 2 aromatic rings. The number of pyridine rings is 1. The largest absolute Gasteiger partial charge is 0.508 e. The lowest BCUT2D eigenvalue weighted by atomic mass is 9.94. The summed E-state index contributed by atoms with van der Waals surface area (Å²) < 4.78 is 0. The van der Waals surface area contributed by atoms with Gasteiger partial charge in [0.1, 0.15) is 17.4 Å². The highest BCUT2D eigenvalue weighted by Crippen LogP contribution is 2.24. The molecule has 1 saturated heterocycles. The number of nitrogens with zero attached hydrogens (tertiary/aromatic N) is 2. The van der Waals surface area contributed by atoms with Gasteiger partial charge in [-0.15, -0.1) is 0 Å². The first kappa shape index (κ1) is 18.7. The molecular formula is C21H23N3O3. The lowest BCUT2D eigenvalue weighted by Crippen LogP contribution is -2.44. The van der Waals surface area contributed by atoms with Crippen LogP contribution in [0.25, 0.3) is 0 Å². The average molecular weight is 365 g/mol. The zero-order valence-electron chi connectivity index (χ0n) is 15.4. The van der Waals surface area contributed by atoms with Crippen molar-refractivity contribution in [1.82, 2.24) is 9.88 Å². The fourth-order valence-corrected chi connectivity index (χ4v) is 3.65. The first-order chi connectivity index (χ1) is 13.0. The predicted octanol–water partition coefficient (Wildman–Crippen LogP) is 2.89. The van der Waals surface area contributed by atoms with Gasteiger partial charge in [0.25, 0.3) is 11.5 Å². The van der Waals surface area contributed by atoms with Crippen molar-refractivity contribution in [1.29, 1.82) is 5.26 Å². The second-order valence-electron chi connectivity index (χ2n) is 7.02. The highest BCUT2D eigenvalue weighted by molar-refractivity contribution is 5.95. The zero-order chi connectivity index (χ0) is 19.4. The van der Waals surface area contributed by atoms with E-state index in [4.69, 9.17) is 5.26 Å². The number of aromatic hydroxyl groups is 1. The van der Waals surface area contributed by atoms with E-state index in [1.807, 2.05) is 23.1 Å². The van der Waals surface area contributed by atoms with Gasteiger partial charge >= 0.3 is 0 Å². The molecule has 0 saturated carbocycles. The number of likely N-dealkylation sites (tertiary alicyclic amines) is 1. The molecule has 0 radical (unpaired) electrons. The van der Waals surface area contributed by atoms with Gasteiger partial charge in [-0.05, 0) is 62.8 Å². The fraction of sp³-hybridized carbons (Fsp3) is 0.381. The third-order valence-electron chi connectivity index (χ3n) is 5.18. The van der Waals surface area contributed by atoms with Crippen LogP contribution >= 0.6 is 0 Å². The second-order valence-corrected chi connectivity index (χ2v) is 7.02. The molecule has 2 heterocycles. The Balaban J connectivity index is 1.78. The van der Waals surface area contributed by atoms with Crippen molar-refractivity contribution in [3.63, 3.8) is 0 Å². The standard InChI is InChI=1S/C21H23N3O3/c1-14-19(12-16(13-22)20(26)23-14)21(27)24-11-3-2-4-17(24)8-5-15-6-9-18(25)10-7-15/h6-7,9-10,12,17,25H,2-5,8,11H2,1H3,(H,23,26)/t17-/m0/s1. The van der Waals surface area contributed by atoms with E-state index in [1.54, 1.807) is 19.1 Å². The Morgan fingerprint density at radius 3 is 2.78 bits per heavy atom. The molecule has 0 unspecified atom stereocenters. The van der Waals surface area contributed by atoms with Crippen LogP contribution in [0.3, 0.4) is 0 Å². The lowest BCUT2D eigenvalue weighted by molar-refractivity contribution is 0.0600. The van der Waals surface area contributed by atoms with E-state index < -0.39 is 5.56 Å². The van der Waals surface area contributed by atoms with Crippen LogP contribution in [-0.2, 0) is 6.42 Å². The molecule has 140 valence electrons. The van der Waals surface area contributed by atoms with Crippen molar-refractivity contribution < 1.29 is 9.90 Å². The number of phenolic OH excluding ortho intramolecular Hbond substituents is 1. The smallest absolute Gasteiger partial charge is 0.266 e. The zero-order valence-corrected chi connectivity index (χ0v) is 15.4. The van der Waals surface area contributed by atoms with Gasteiger partial charge in [-0.25, -0.2) is 0 Å². The topological polar surface area (TPSA) is 97.2 Å². The summed E-state index contributed by atoms with van der Waals surface area (Å²) >= 11 is 0. The number of hydrogen-bond donors (Lipinski definition) is 2. The number of carbonyl (C=O) groups is 1. The van der Waals surface area contributed by atoms with Crippen molar-refractivity contribution in [2.24, 2.45) is 0 Å². The molecule has 1 amide bonds. The summed E-state index contributed by atoms with van der Waals surface area (Å²) in [5.41, 5.74) is 1.50. The molecule has 6 nitrogen and oxygen atoms in total. The molecule has 1 fully saturated rings. The number of rotatable bonds is 4. The number of nitrogens with one attached hydrogen (secondary N) is 1. The van der Waals surface area contributed by atoms with E-state index in [2.05, 4.69) is 4.98 Å². The van der Waals surface area contributed by atoms with Gasteiger partial charge in [0.2, 0.25) is 0 Å². The minimum Gasteiger partial charge on any atom is -0.508 e. The summed E-state index contributed by atoms with van der Waals surface area (Å²) in [5.74, 6) is 0.116. The van der Waals surface area contributed by atoms with Crippen LogP contribution in [0.5, 0.6) is 5.75 Å². The minimum atomic E-state index is -0.464. The number of carbonyl (C=O) groups excluding carboxylic acids is 1. The number of nitriles is 1. The summed E-state index contributed by atoms with van der Waals surface area (Å²) in [4.78, 5) is 29.4. The normalized spacial score (nSPS) is 16.7. The van der Waals surface area contributed by atoms with Gasteiger partial charge in [0.15, 0.2) is 0 Å². The Bertz CT molecular complexity index is 925. The van der Waals surface area contributed by atoms with Gasteiger partial charge in [-0.3, -0.25) is 9.59 Å². The summed E-state index contributed by atoms with van der Waals surface area (Å²) in [6, 6.07) is 10.5. The number of aromatic nitrogens is 1. The van der Waals surface area contributed by atoms with Gasteiger partial charge in [0.05, 0.1) is 5.56 Å². The third-order valence-corrected chi connectivity index (χ3v) is 5.18. The lowest BCUT2D eigenvalue weighted by Gasteiger charge is -2.36. The SMILES string of the molecule is Cc1[nH]c(=O)c(C#N)cc1C(=O)N1CCCC[C@H]1CCc1ccc(O)cc1. The van der Waals surface area contributed by atoms with Gasteiger partial charge in [0, 0.05) is 18.3 Å².